The summed E-state index contributed by atoms with van der Waals surface area (Å²) < 4.78 is 73.8. The van der Waals surface area contributed by atoms with E-state index in [0.29, 0.717) is 36.2 Å². The molecule has 117 heavy (non-hydrogen) atoms. The van der Waals surface area contributed by atoms with E-state index in [1.165, 1.54) is 12.1 Å². The van der Waals surface area contributed by atoms with Crippen molar-refractivity contribution in [1.29, 1.82) is 0 Å². The normalized spacial score (nSPS) is 11.6. The Bertz CT molecular complexity index is 5600. The molecule has 8 aromatic carbocycles. The highest BCUT2D eigenvalue weighted by Crippen LogP contribution is 2.27. The van der Waals surface area contributed by atoms with Crippen LogP contribution < -0.4 is 26.4 Å². The summed E-state index contributed by atoms with van der Waals surface area (Å²) >= 11 is 0. The van der Waals surface area contributed by atoms with Gasteiger partial charge in [0.15, 0.2) is 12.6 Å². The van der Waals surface area contributed by atoms with Gasteiger partial charge in [-0.25, -0.2) is 42.3 Å². The number of carbonyl (C=O) groups excluding carboxylic acids is 7. The van der Waals surface area contributed by atoms with Gasteiger partial charge in [-0.3, -0.25) is 9.59 Å². The number of rotatable bonds is 22. The van der Waals surface area contributed by atoms with Gasteiger partial charge in [-0.2, -0.15) is 8.42 Å². The fourth-order valence-corrected chi connectivity index (χ4v) is 13.7. The average Bonchev–Trinajstić information content (AvgIpc) is 0.929. The topological polar surface area (TPSA) is 343 Å². The quantitative estimate of drug-likeness (QED) is 0.0138. The number of aldehydes is 3. The van der Waals surface area contributed by atoms with E-state index in [1.807, 2.05) is 277 Å². The molecule has 28 heteroatoms. The number of nitrogens with one attached hydrogen (secondary N) is 4. The number of hydrogen-bond donors (Lipinski definition) is 5. The van der Waals surface area contributed by atoms with Crippen LogP contribution in [0.25, 0.3) is 28.4 Å². The molecule has 0 aliphatic heterocycles. The third-order valence-electron chi connectivity index (χ3n) is 16.7. The van der Waals surface area contributed by atoms with Crippen LogP contribution in [-0.4, -0.2) is 110 Å². The van der Waals surface area contributed by atoms with E-state index < -0.39 is 61.5 Å². The number of aryl methyl sites for hydroxylation is 2. The molecule has 26 nitrogen and oxygen atoms in total. The maximum Gasteiger partial charge on any atom is 0.408 e. The first-order valence-corrected chi connectivity index (χ1v) is 39.7. The van der Waals surface area contributed by atoms with Gasteiger partial charge in [-0.1, -0.05) is 150 Å². The molecule has 5 heterocycles. The molecule has 0 spiro atoms. The summed E-state index contributed by atoms with van der Waals surface area (Å²) in [6, 6.07) is 75.5. The number of isocyanates is 1. The second-order valence-corrected chi connectivity index (χ2v) is 31.2. The molecular formula is C89H93N13O13S2. The number of ether oxygens (including phenoxy) is 2. The van der Waals surface area contributed by atoms with Crippen molar-refractivity contribution >= 4 is 68.9 Å². The molecule has 0 saturated carbocycles. The van der Waals surface area contributed by atoms with Crippen molar-refractivity contribution in [2.75, 3.05) is 5.73 Å². The lowest BCUT2D eigenvalue weighted by molar-refractivity contribution is -0.122. The number of amides is 4. The predicted molar refractivity (Wildman–Crippen MR) is 449 cm³/mol. The average molecular weight is 1620 g/mol. The number of benzene rings is 8. The summed E-state index contributed by atoms with van der Waals surface area (Å²) in [6.07, 6.45) is 21.7. The van der Waals surface area contributed by atoms with E-state index in [2.05, 4.69) is 51.7 Å². The first-order valence-electron chi connectivity index (χ1n) is 36.8. The van der Waals surface area contributed by atoms with Crippen LogP contribution in [0.2, 0.25) is 0 Å². The molecular weight excluding hydrogens is 1520 g/mol. The van der Waals surface area contributed by atoms with Crippen LogP contribution in [0.4, 0.5) is 20.1 Å². The maximum absolute atomic E-state index is 13.1. The Kier molecular flexibility index (Phi) is 32.7. The number of hydrogen-bond acceptors (Lipinski definition) is 16. The molecule has 13 aromatic rings. The number of imidazole rings is 2. The summed E-state index contributed by atoms with van der Waals surface area (Å²) in [5.74, 6) is 1.31. The molecule has 0 radical (unpaired) electrons. The van der Waals surface area contributed by atoms with Gasteiger partial charge in [0.1, 0.15) is 29.1 Å². The lowest BCUT2D eigenvalue weighted by atomic mass is 10.1. The molecule has 0 unspecified atom stereocenters. The Morgan fingerprint density at radius 2 is 0.821 bits per heavy atom. The van der Waals surface area contributed by atoms with Crippen molar-refractivity contribution in [3.05, 3.63) is 350 Å². The van der Waals surface area contributed by atoms with E-state index in [9.17, 15) is 40.8 Å². The SMILES string of the molecule is CC(C)(C)OC(=O)N[C@@H](Cc1ccccc1)c1nccn1-c1cccc(-n2cccc2)c1.CC(C)(C)OC(=O)N[C@H](C=O)Cc1ccccc1.Cc1ccccc1S(=O)(=O)N=C=O.Cc1ccccc1S(=O)(=O)NC(=O)N[C@@H](Cc1ccccc1)c1nccn1-c1cccc(-n2cccc2)c1.Nc1cccc(-n2cccc2)c1.O=CC=O. The van der Waals surface area contributed by atoms with Crippen molar-refractivity contribution in [3.8, 4) is 28.4 Å². The molecule has 6 N–H and O–H groups in total. The fourth-order valence-electron chi connectivity index (χ4n) is 11.6. The van der Waals surface area contributed by atoms with Gasteiger partial charge in [-0.05, 0) is 199 Å². The maximum atomic E-state index is 13.1. The van der Waals surface area contributed by atoms with Crippen molar-refractivity contribution in [2.24, 2.45) is 4.40 Å². The van der Waals surface area contributed by atoms with Gasteiger partial charge in [0.05, 0.1) is 27.9 Å². The van der Waals surface area contributed by atoms with Crippen LogP contribution in [-0.2, 0) is 68.0 Å². The lowest BCUT2D eigenvalue weighted by Gasteiger charge is -2.24. The molecule has 3 atom stereocenters. The molecule has 0 aliphatic carbocycles. The molecule has 0 saturated heterocycles. The Morgan fingerprint density at radius 3 is 1.21 bits per heavy atom. The first-order chi connectivity index (χ1) is 56.0. The number of anilines is 1. The van der Waals surface area contributed by atoms with Crippen molar-refractivity contribution in [1.82, 2.24) is 53.5 Å². The van der Waals surface area contributed by atoms with Crippen molar-refractivity contribution in [3.63, 3.8) is 0 Å². The summed E-state index contributed by atoms with van der Waals surface area (Å²) in [4.78, 5) is 84.9. The van der Waals surface area contributed by atoms with E-state index >= 15 is 0 Å². The minimum Gasteiger partial charge on any atom is -0.444 e. The van der Waals surface area contributed by atoms with Crippen LogP contribution >= 0.6 is 0 Å². The highest BCUT2D eigenvalue weighted by atomic mass is 32.2. The number of nitrogens with two attached hydrogens (primary N) is 1. The van der Waals surface area contributed by atoms with Crippen LogP contribution in [0.15, 0.2) is 325 Å². The van der Waals surface area contributed by atoms with Crippen molar-refractivity contribution in [2.45, 2.75) is 114 Å². The number of carbonyl (C=O) groups is 6. The van der Waals surface area contributed by atoms with E-state index in [4.69, 9.17) is 24.8 Å². The van der Waals surface area contributed by atoms with Crippen LogP contribution in [0.1, 0.15) is 93.1 Å². The summed E-state index contributed by atoms with van der Waals surface area (Å²) in [5, 5.41) is 8.42. The zero-order valence-corrected chi connectivity index (χ0v) is 67.4. The van der Waals surface area contributed by atoms with E-state index in [-0.39, 0.29) is 28.4 Å². The summed E-state index contributed by atoms with van der Waals surface area (Å²) in [7, 11) is -7.90. The van der Waals surface area contributed by atoms with E-state index in [1.54, 1.807) is 83.4 Å². The Hall–Kier alpha value is -14.1. The fraction of sp³-hybridized carbons (Fsp3) is 0.180. The Morgan fingerprint density at radius 1 is 0.453 bits per heavy atom. The third kappa shape index (κ3) is 28.5. The number of urea groups is 1. The van der Waals surface area contributed by atoms with Gasteiger partial charge >= 0.3 is 18.2 Å². The van der Waals surface area contributed by atoms with E-state index in [0.717, 1.165) is 69.0 Å². The standard InChI is InChI=1S/C29H27N5O3S.C26H28N4O2.C14H19NO3.C10H10N2.C8H7NO3S.C2H2O2/c1-22-10-5-6-15-27(22)38(36,37)32-29(35)31-26(20-23-11-3-2-4-12-23)28-30-16-19-34(28)25-14-9-13-24(21-25)33-17-7-8-18-33;1-26(2,3)32-25(31)28-23(18-20-10-5-4-6-11-20)24-27-14-17-30(24)22-13-9-12-21(19-22)29-15-7-8-16-29;1-14(2,3)18-13(17)15-12(10-16)9-11-7-5-4-6-8-11;11-9-4-3-5-10(8-9)12-6-1-2-7-12;1-7-4-2-3-5-8(7)13(11,12)9-6-10;3-1-2-4/h2-19,21,26H,20H2,1H3,(H2,31,32,35);4-17,19,23H,18H2,1-3H3,(H,28,31);4-8,10,12H,9H2,1-3H3,(H,15,17);1-8H,11H2;2-5H,1H3;1-2H/t26-;23-;12-;;;/m000.../s1. The molecule has 13 rings (SSSR count). The summed E-state index contributed by atoms with van der Waals surface area (Å²) in [6.45, 7) is 14.2. The minimum absolute atomic E-state index is 0.0401. The zero-order valence-electron chi connectivity index (χ0n) is 65.8. The monoisotopic (exact) mass is 1620 g/mol. The van der Waals surface area contributed by atoms with Gasteiger partial charge in [-0.15, -0.1) is 0 Å². The van der Waals surface area contributed by atoms with Gasteiger partial charge in [0, 0.05) is 103 Å². The molecule has 4 amide bonds. The second kappa shape index (κ2) is 43.3. The zero-order chi connectivity index (χ0) is 84.4. The lowest BCUT2D eigenvalue weighted by Crippen LogP contribution is -2.42. The Labute approximate surface area is 680 Å². The largest absolute Gasteiger partial charge is 0.444 e. The molecule has 0 fully saturated rings. The molecule has 0 aliphatic rings. The second-order valence-electron chi connectivity index (χ2n) is 28.0. The number of nitrogens with zero attached hydrogens (tertiary/aromatic N) is 8. The summed E-state index contributed by atoms with van der Waals surface area (Å²) in [5.41, 5.74) is 14.4. The van der Waals surface area contributed by atoms with Gasteiger partial charge in [0.2, 0.25) is 0 Å². The highest BCUT2D eigenvalue weighted by molar-refractivity contribution is 7.90. The highest BCUT2D eigenvalue weighted by Gasteiger charge is 2.28. The third-order valence-corrected chi connectivity index (χ3v) is 19.5. The minimum atomic E-state index is -4.06. The predicted octanol–water partition coefficient (Wildman–Crippen LogP) is 15.2. The van der Waals surface area contributed by atoms with Crippen LogP contribution in [0.5, 0.6) is 0 Å². The molecule has 5 aromatic heterocycles. The first kappa shape index (κ1) is 88.5. The molecule has 604 valence electrons. The number of alkyl carbamates (subject to hydrolysis) is 2. The van der Waals surface area contributed by atoms with Crippen LogP contribution in [0, 0.1) is 13.8 Å². The van der Waals surface area contributed by atoms with Crippen LogP contribution in [0.3, 0.4) is 0 Å². The van der Waals surface area contributed by atoms with Gasteiger partial charge < -0.3 is 58.8 Å². The van der Waals surface area contributed by atoms with Gasteiger partial charge in [0.25, 0.3) is 26.1 Å². The Balaban J connectivity index is 0.000000193. The molecule has 0 bridgehead atoms. The number of nitrogen functional groups attached to an aromatic ring is 1. The van der Waals surface area contributed by atoms with Crippen molar-refractivity contribution < 1.29 is 59.9 Å². The smallest absolute Gasteiger partial charge is 0.408 e. The number of aromatic nitrogens is 7. The number of sulfonamides is 2.